The molecule has 17 heavy (non-hydrogen) atoms. The summed E-state index contributed by atoms with van der Waals surface area (Å²) >= 11 is 14.6. The van der Waals surface area contributed by atoms with Gasteiger partial charge in [0.1, 0.15) is 4.34 Å². The van der Waals surface area contributed by atoms with E-state index >= 15 is 0 Å². The minimum Gasteiger partial charge on any atom is -0.289 e. The summed E-state index contributed by atoms with van der Waals surface area (Å²) in [4.78, 5) is 13.3. The number of hydrogen-bond acceptors (Lipinski definition) is 3. The molecule has 0 spiro atoms. The van der Waals surface area contributed by atoms with Crippen LogP contribution in [0.15, 0.2) is 35.2 Å². The number of hydrogen-bond donors (Lipinski definition) is 0. The fraction of sp³-hybridized carbons (Fsp3) is 0.0833. The first-order chi connectivity index (χ1) is 8.11. The number of halogens is 2. The van der Waals surface area contributed by atoms with Crippen molar-refractivity contribution in [3.8, 4) is 0 Å². The Bertz CT molecular complexity index is 546. The molecule has 0 fully saturated rings. The standard InChI is InChI=1S/C12H8Cl2OS2/c1-16-8-4-2-7(3-5-8)11(15)9-6-10(13)17-12(9)14/h2-6H,1H3. The highest BCUT2D eigenvalue weighted by Gasteiger charge is 2.15. The average Bonchev–Trinajstić information content (AvgIpc) is 2.68. The Morgan fingerprint density at radius 3 is 2.35 bits per heavy atom. The zero-order valence-electron chi connectivity index (χ0n) is 8.87. The molecule has 0 bridgehead atoms. The van der Waals surface area contributed by atoms with Crippen molar-refractivity contribution in [3.05, 3.63) is 50.1 Å². The monoisotopic (exact) mass is 302 g/mol. The Hall–Kier alpha value is -0.480. The number of thioether (sulfide) groups is 1. The molecule has 2 aromatic rings. The molecule has 1 heterocycles. The van der Waals surface area contributed by atoms with E-state index in [1.54, 1.807) is 30.0 Å². The van der Waals surface area contributed by atoms with Gasteiger partial charge in [-0.15, -0.1) is 23.1 Å². The first-order valence-corrected chi connectivity index (χ1v) is 7.55. The van der Waals surface area contributed by atoms with E-state index in [0.717, 1.165) is 4.90 Å². The minimum atomic E-state index is -0.0918. The summed E-state index contributed by atoms with van der Waals surface area (Å²) in [6, 6.07) is 9.05. The van der Waals surface area contributed by atoms with E-state index in [4.69, 9.17) is 23.2 Å². The van der Waals surface area contributed by atoms with Gasteiger partial charge in [0.2, 0.25) is 0 Å². The van der Waals surface area contributed by atoms with Gasteiger partial charge in [0.15, 0.2) is 5.78 Å². The van der Waals surface area contributed by atoms with E-state index < -0.39 is 0 Å². The zero-order valence-corrected chi connectivity index (χ0v) is 12.0. The maximum Gasteiger partial charge on any atom is 0.195 e. The van der Waals surface area contributed by atoms with Crippen LogP contribution >= 0.6 is 46.3 Å². The van der Waals surface area contributed by atoms with Gasteiger partial charge >= 0.3 is 0 Å². The lowest BCUT2D eigenvalue weighted by atomic mass is 10.1. The maximum atomic E-state index is 12.1. The quantitative estimate of drug-likeness (QED) is 0.586. The van der Waals surface area contributed by atoms with Gasteiger partial charge in [0.05, 0.1) is 9.90 Å². The predicted octanol–water partition coefficient (Wildman–Crippen LogP) is 5.01. The van der Waals surface area contributed by atoms with Gasteiger partial charge in [0.25, 0.3) is 0 Å². The molecule has 0 aliphatic rings. The number of benzene rings is 1. The van der Waals surface area contributed by atoms with Crippen LogP contribution in [0.3, 0.4) is 0 Å². The largest absolute Gasteiger partial charge is 0.289 e. The van der Waals surface area contributed by atoms with Gasteiger partial charge < -0.3 is 0 Å². The Balaban J connectivity index is 2.33. The van der Waals surface area contributed by atoms with Crippen LogP contribution in [0, 0.1) is 0 Å². The summed E-state index contributed by atoms with van der Waals surface area (Å²) in [7, 11) is 0. The molecule has 0 unspecified atom stereocenters. The molecule has 5 heteroatoms. The fourth-order valence-corrected chi connectivity index (χ4v) is 3.26. The molecule has 0 atom stereocenters. The van der Waals surface area contributed by atoms with Crippen LogP contribution < -0.4 is 0 Å². The lowest BCUT2D eigenvalue weighted by molar-refractivity contribution is 0.103. The van der Waals surface area contributed by atoms with Crippen molar-refractivity contribution in [1.29, 1.82) is 0 Å². The summed E-state index contributed by atoms with van der Waals surface area (Å²) in [5.41, 5.74) is 1.10. The molecule has 0 amide bonds. The number of ketones is 1. The molecule has 0 radical (unpaired) electrons. The molecule has 0 aliphatic heterocycles. The third-order valence-corrected chi connectivity index (χ3v) is 4.48. The highest BCUT2D eigenvalue weighted by molar-refractivity contribution is 7.98. The van der Waals surface area contributed by atoms with Gasteiger partial charge in [0, 0.05) is 10.5 Å². The van der Waals surface area contributed by atoms with Gasteiger partial charge in [-0.05, 0) is 36.6 Å². The van der Waals surface area contributed by atoms with E-state index in [-0.39, 0.29) is 5.78 Å². The molecular weight excluding hydrogens is 295 g/mol. The third-order valence-electron chi connectivity index (χ3n) is 2.25. The van der Waals surface area contributed by atoms with Crippen LogP contribution in [0.4, 0.5) is 0 Å². The van der Waals surface area contributed by atoms with Crippen molar-refractivity contribution >= 4 is 52.1 Å². The minimum absolute atomic E-state index is 0.0918. The van der Waals surface area contributed by atoms with Crippen molar-refractivity contribution in [1.82, 2.24) is 0 Å². The first-order valence-electron chi connectivity index (χ1n) is 4.75. The van der Waals surface area contributed by atoms with Gasteiger partial charge in [-0.3, -0.25) is 4.79 Å². The van der Waals surface area contributed by atoms with Gasteiger partial charge in [-0.25, -0.2) is 0 Å². The molecule has 0 saturated heterocycles. The second-order valence-corrected chi connectivity index (χ2v) is 6.46. The van der Waals surface area contributed by atoms with Crippen molar-refractivity contribution in [3.63, 3.8) is 0 Å². The van der Waals surface area contributed by atoms with Crippen LogP contribution in [-0.4, -0.2) is 12.0 Å². The van der Waals surface area contributed by atoms with Crippen LogP contribution in [0.25, 0.3) is 0 Å². The zero-order chi connectivity index (χ0) is 12.4. The normalized spacial score (nSPS) is 10.5. The average molecular weight is 303 g/mol. The Morgan fingerprint density at radius 2 is 1.88 bits per heavy atom. The lowest BCUT2D eigenvalue weighted by Crippen LogP contribution is -1.99. The van der Waals surface area contributed by atoms with Crippen molar-refractivity contribution in [2.75, 3.05) is 6.26 Å². The number of thiophene rings is 1. The summed E-state index contributed by atoms with van der Waals surface area (Å²) in [5, 5.41) is 0. The van der Waals surface area contributed by atoms with Crippen molar-refractivity contribution in [2.45, 2.75) is 4.90 Å². The van der Waals surface area contributed by atoms with E-state index in [9.17, 15) is 4.79 Å². The summed E-state index contributed by atoms with van der Waals surface area (Å²) in [6.45, 7) is 0. The first kappa shape index (κ1) is 13.0. The predicted molar refractivity (Wildman–Crippen MR) is 76.0 cm³/mol. The van der Waals surface area contributed by atoms with Crippen LogP contribution in [-0.2, 0) is 0 Å². The van der Waals surface area contributed by atoms with E-state index in [1.807, 2.05) is 18.4 Å². The topological polar surface area (TPSA) is 17.1 Å². The SMILES string of the molecule is CSc1ccc(C(=O)c2cc(Cl)sc2Cl)cc1. The fourth-order valence-electron chi connectivity index (χ4n) is 1.39. The Kier molecular flexibility index (Phi) is 4.15. The molecule has 1 aromatic heterocycles. The number of carbonyl (C=O) groups is 1. The molecular formula is C12H8Cl2OS2. The molecule has 0 aliphatic carbocycles. The highest BCUT2D eigenvalue weighted by atomic mass is 35.5. The number of rotatable bonds is 3. The van der Waals surface area contributed by atoms with Gasteiger partial charge in [-0.2, -0.15) is 0 Å². The molecule has 2 rings (SSSR count). The molecule has 0 saturated carbocycles. The molecule has 0 N–H and O–H groups in total. The summed E-state index contributed by atoms with van der Waals surface area (Å²) in [5.74, 6) is -0.0918. The van der Waals surface area contributed by atoms with Crippen molar-refractivity contribution in [2.24, 2.45) is 0 Å². The Labute approximate surface area is 118 Å². The van der Waals surface area contributed by atoms with Crippen LogP contribution in [0.2, 0.25) is 8.67 Å². The second-order valence-electron chi connectivity index (χ2n) is 3.30. The van der Waals surface area contributed by atoms with Crippen LogP contribution in [0.1, 0.15) is 15.9 Å². The second kappa shape index (κ2) is 5.44. The summed E-state index contributed by atoms with van der Waals surface area (Å²) < 4.78 is 0.966. The third kappa shape index (κ3) is 2.86. The van der Waals surface area contributed by atoms with E-state index in [1.165, 1.54) is 11.3 Å². The van der Waals surface area contributed by atoms with E-state index in [0.29, 0.717) is 19.8 Å². The molecule has 88 valence electrons. The van der Waals surface area contributed by atoms with E-state index in [2.05, 4.69) is 0 Å². The molecule has 1 nitrogen and oxygen atoms in total. The number of carbonyl (C=O) groups excluding carboxylic acids is 1. The Morgan fingerprint density at radius 1 is 1.24 bits per heavy atom. The lowest BCUT2D eigenvalue weighted by Gasteiger charge is -2.00. The maximum absolute atomic E-state index is 12.1. The molecule has 1 aromatic carbocycles. The highest BCUT2D eigenvalue weighted by Crippen LogP contribution is 2.32. The van der Waals surface area contributed by atoms with Crippen molar-refractivity contribution < 1.29 is 4.79 Å². The summed E-state index contributed by atoms with van der Waals surface area (Å²) in [6.07, 6.45) is 1.99. The smallest absolute Gasteiger partial charge is 0.195 e. The van der Waals surface area contributed by atoms with Crippen LogP contribution in [0.5, 0.6) is 0 Å². The van der Waals surface area contributed by atoms with Gasteiger partial charge in [-0.1, -0.05) is 23.2 Å².